The molecule has 152 valence electrons. The molecule has 0 bridgehead atoms. The van der Waals surface area contributed by atoms with Crippen molar-refractivity contribution in [3.05, 3.63) is 77.9 Å². The van der Waals surface area contributed by atoms with E-state index in [1.54, 1.807) is 30.6 Å². The van der Waals surface area contributed by atoms with Crippen LogP contribution < -0.4 is 10.1 Å². The zero-order valence-corrected chi connectivity index (χ0v) is 17.7. The number of ether oxygens (including phenoxy) is 2. The fourth-order valence-electron chi connectivity index (χ4n) is 3.06. The van der Waals surface area contributed by atoms with E-state index in [1.165, 1.54) is 10.3 Å². The maximum atomic E-state index is 12.7. The molecule has 4 aromatic rings. The molecular formula is C24H22N2O3S. The molecule has 0 saturated carbocycles. The quantitative estimate of drug-likeness (QED) is 0.400. The first-order valence-corrected chi connectivity index (χ1v) is 10.5. The lowest BCUT2D eigenvalue weighted by Gasteiger charge is -2.11. The molecule has 0 saturated heterocycles. The van der Waals surface area contributed by atoms with Crippen molar-refractivity contribution in [3.8, 4) is 16.3 Å². The van der Waals surface area contributed by atoms with Crippen molar-refractivity contribution in [2.24, 2.45) is 0 Å². The monoisotopic (exact) mass is 418 g/mol. The maximum absolute atomic E-state index is 12.7. The van der Waals surface area contributed by atoms with Crippen LogP contribution in [0.2, 0.25) is 0 Å². The van der Waals surface area contributed by atoms with Gasteiger partial charge in [0.1, 0.15) is 17.4 Å². The van der Waals surface area contributed by atoms with Crippen LogP contribution in [-0.2, 0) is 4.74 Å². The minimum atomic E-state index is -0.216. The van der Waals surface area contributed by atoms with Crippen molar-refractivity contribution >= 4 is 33.1 Å². The minimum absolute atomic E-state index is 0.216. The standard InChI is InChI=1S/C24H22N2O3S/c1-16-7-12-20-22(15-16)30-24(26-20)17-8-10-18(11-9-17)25-23(27)19-5-3-4-6-21(19)29-14-13-28-2/h3-12,15H,13-14H2,1-2H3,(H,25,27). The summed E-state index contributed by atoms with van der Waals surface area (Å²) in [6.45, 7) is 2.93. The first kappa shape index (κ1) is 20.1. The molecule has 0 atom stereocenters. The Hall–Kier alpha value is -3.22. The average molecular weight is 419 g/mol. The number of carbonyl (C=O) groups is 1. The van der Waals surface area contributed by atoms with Crippen molar-refractivity contribution < 1.29 is 14.3 Å². The molecule has 0 radical (unpaired) electrons. The molecule has 0 unspecified atom stereocenters. The van der Waals surface area contributed by atoms with Gasteiger partial charge in [0.25, 0.3) is 5.91 Å². The number of nitrogens with zero attached hydrogens (tertiary/aromatic N) is 1. The van der Waals surface area contributed by atoms with Crippen molar-refractivity contribution in [2.75, 3.05) is 25.6 Å². The van der Waals surface area contributed by atoms with E-state index in [-0.39, 0.29) is 5.91 Å². The smallest absolute Gasteiger partial charge is 0.259 e. The Balaban J connectivity index is 1.49. The third-order valence-electron chi connectivity index (χ3n) is 4.61. The number of benzene rings is 3. The number of fused-ring (bicyclic) bond motifs is 1. The number of aromatic nitrogens is 1. The van der Waals surface area contributed by atoms with Crippen molar-refractivity contribution in [2.45, 2.75) is 6.92 Å². The molecule has 4 rings (SSSR count). The van der Waals surface area contributed by atoms with Gasteiger partial charge in [-0.1, -0.05) is 18.2 Å². The zero-order chi connectivity index (χ0) is 20.9. The van der Waals surface area contributed by atoms with Crippen molar-refractivity contribution in [1.82, 2.24) is 4.98 Å². The van der Waals surface area contributed by atoms with Crippen molar-refractivity contribution in [3.63, 3.8) is 0 Å². The van der Waals surface area contributed by atoms with Gasteiger partial charge in [-0.3, -0.25) is 4.79 Å². The summed E-state index contributed by atoms with van der Waals surface area (Å²) in [7, 11) is 1.61. The number of hydrogen-bond donors (Lipinski definition) is 1. The third kappa shape index (κ3) is 4.50. The van der Waals surface area contributed by atoms with E-state index >= 15 is 0 Å². The number of thiazole rings is 1. The summed E-state index contributed by atoms with van der Waals surface area (Å²) in [4.78, 5) is 17.5. The van der Waals surface area contributed by atoms with Gasteiger partial charge in [0.05, 0.1) is 22.4 Å². The number of hydrogen-bond acceptors (Lipinski definition) is 5. The number of nitrogens with one attached hydrogen (secondary N) is 1. The second-order valence-electron chi connectivity index (χ2n) is 6.86. The molecule has 0 aliphatic heterocycles. The number of anilines is 1. The minimum Gasteiger partial charge on any atom is -0.490 e. The van der Waals surface area contributed by atoms with Gasteiger partial charge in [-0.15, -0.1) is 11.3 Å². The Kier molecular flexibility index (Phi) is 6.07. The van der Waals surface area contributed by atoms with E-state index < -0.39 is 0 Å². The van der Waals surface area contributed by atoms with E-state index in [1.807, 2.05) is 42.5 Å². The molecule has 0 spiro atoms. The Bertz CT molecular complexity index is 1170. The van der Waals surface area contributed by atoms with Gasteiger partial charge in [-0.25, -0.2) is 4.98 Å². The lowest BCUT2D eigenvalue weighted by atomic mass is 10.1. The molecule has 0 aliphatic carbocycles. The topological polar surface area (TPSA) is 60.5 Å². The molecule has 0 aliphatic rings. The highest BCUT2D eigenvalue weighted by Gasteiger charge is 2.13. The molecule has 0 fully saturated rings. The fourth-order valence-corrected chi connectivity index (χ4v) is 4.13. The number of aryl methyl sites for hydroxylation is 1. The summed E-state index contributed by atoms with van der Waals surface area (Å²) < 4.78 is 11.8. The number of methoxy groups -OCH3 is 1. The Morgan fingerprint density at radius 3 is 2.63 bits per heavy atom. The van der Waals surface area contributed by atoms with Gasteiger partial charge in [0, 0.05) is 18.4 Å². The Morgan fingerprint density at radius 2 is 1.83 bits per heavy atom. The Morgan fingerprint density at radius 1 is 1.03 bits per heavy atom. The van der Waals surface area contributed by atoms with E-state index in [2.05, 4.69) is 24.4 Å². The lowest BCUT2D eigenvalue weighted by Crippen LogP contribution is -2.14. The predicted octanol–water partition coefficient (Wildman–Crippen LogP) is 5.55. The summed E-state index contributed by atoms with van der Waals surface area (Å²) >= 11 is 1.67. The second-order valence-corrected chi connectivity index (χ2v) is 7.89. The highest BCUT2D eigenvalue weighted by atomic mass is 32.1. The average Bonchev–Trinajstić information content (AvgIpc) is 3.18. The molecule has 30 heavy (non-hydrogen) atoms. The Labute approximate surface area is 179 Å². The van der Waals surface area contributed by atoms with Crippen molar-refractivity contribution in [1.29, 1.82) is 0 Å². The van der Waals surface area contributed by atoms with Crippen LogP contribution >= 0.6 is 11.3 Å². The molecule has 1 heterocycles. The van der Waals surface area contributed by atoms with Crippen LogP contribution in [0.25, 0.3) is 20.8 Å². The van der Waals surface area contributed by atoms with Gasteiger partial charge in [0.15, 0.2) is 0 Å². The van der Waals surface area contributed by atoms with E-state index in [4.69, 9.17) is 14.5 Å². The molecular weight excluding hydrogens is 396 g/mol. The normalized spacial score (nSPS) is 10.9. The lowest BCUT2D eigenvalue weighted by molar-refractivity contribution is 0.101. The SMILES string of the molecule is COCCOc1ccccc1C(=O)Nc1ccc(-c2nc3ccc(C)cc3s2)cc1. The van der Waals surface area contributed by atoms with Gasteiger partial charge >= 0.3 is 0 Å². The van der Waals surface area contributed by atoms with Crippen LogP contribution in [-0.4, -0.2) is 31.2 Å². The van der Waals surface area contributed by atoms with Gasteiger partial charge in [-0.05, 0) is 61.0 Å². The van der Waals surface area contributed by atoms with Crippen LogP contribution in [0.4, 0.5) is 5.69 Å². The summed E-state index contributed by atoms with van der Waals surface area (Å²) in [6, 6.07) is 21.2. The molecule has 3 aromatic carbocycles. The first-order chi connectivity index (χ1) is 14.6. The number of para-hydroxylation sites is 1. The predicted molar refractivity (Wildman–Crippen MR) is 122 cm³/mol. The molecule has 1 amide bonds. The van der Waals surface area contributed by atoms with E-state index in [9.17, 15) is 4.79 Å². The highest BCUT2D eigenvalue weighted by molar-refractivity contribution is 7.21. The van der Waals surface area contributed by atoms with Crippen LogP contribution in [0.15, 0.2) is 66.7 Å². The zero-order valence-electron chi connectivity index (χ0n) is 16.8. The summed E-state index contributed by atoms with van der Waals surface area (Å²) in [5.41, 5.74) is 4.45. The van der Waals surface area contributed by atoms with Crippen LogP contribution in [0.3, 0.4) is 0 Å². The molecule has 1 aromatic heterocycles. The number of carbonyl (C=O) groups excluding carboxylic acids is 1. The summed E-state index contributed by atoms with van der Waals surface area (Å²) in [6.07, 6.45) is 0. The molecule has 5 nitrogen and oxygen atoms in total. The summed E-state index contributed by atoms with van der Waals surface area (Å²) in [5.74, 6) is 0.319. The van der Waals surface area contributed by atoms with E-state index in [0.717, 1.165) is 16.1 Å². The summed E-state index contributed by atoms with van der Waals surface area (Å²) in [5, 5.41) is 3.90. The second kappa shape index (κ2) is 9.07. The largest absolute Gasteiger partial charge is 0.490 e. The van der Waals surface area contributed by atoms with Crippen LogP contribution in [0, 0.1) is 6.92 Å². The highest BCUT2D eigenvalue weighted by Crippen LogP contribution is 2.31. The van der Waals surface area contributed by atoms with Crippen LogP contribution in [0.1, 0.15) is 15.9 Å². The number of rotatable bonds is 7. The molecule has 6 heteroatoms. The van der Waals surface area contributed by atoms with Gasteiger partial charge < -0.3 is 14.8 Å². The van der Waals surface area contributed by atoms with E-state index in [0.29, 0.717) is 30.2 Å². The maximum Gasteiger partial charge on any atom is 0.259 e. The first-order valence-electron chi connectivity index (χ1n) is 9.64. The van der Waals surface area contributed by atoms with Gasteiger partial charge in [-0.2, -0.15) is 0 Å². The number of amides is 1. The molecule has 1 N–H and O–H groups in total. The van der Waals surface area contributed by atoms with Crippen LogP contribution in [0.5, 0.6) is 5.75 Å². The fraction of sp³-hybridized carbons (Fsp3) is 0.167. The third-order valence-corrected chi connectivity index (χ3v) is 5.68. The van der Waals surface area contributed by atoms with Gasteiger partial charge in [0.2, 0.25) is 0 Å².